The fourth-order valence-corrected chi connectivity index (χ4v) is 3.49. The molecule has 0 unspecified atom stereocenters. The third-order valence-electron chi connectivity index (χ3n) is 5.50. The molecule has 0 saturated heterocycles. The normalized spacial score (nSPS) is 13.2. The van der Waals surface area contributed by atoms with E-state index in [2.05, 4.69) is 65.5 Å². The molecule has 0 fully saturated rings. The van der Waals surface area contributed by atoms with Crippen molar-refractivity contribution in [1.82, 2.24) is 24.8 Å². The number of nitrogens with one attached hydrogen (secondary N) is 1. The highest BCUT2D eigenvalue weighted by Crippen LogP contribution is 2.33. The monoisotopic (exact) mass is 414 g/mol. The van der Waals surface area contributed by atoms with Gasteiger partial charge in [0.15, 0.2) is 5.82 Å². The molecule has 7 nitrogen and oxygen atoms in total. The van der Waals surface area contributed by atoms with Gasteiger partial charge >= 0.3 is 0 Å². The van der Waals surface area contributed by atoms with Gasteiger partial charge in [0, 0.05) is 24.4 Å². The molecule has 1 N–H and O–H groups in total. The number of ether oxygens (including phenoxy) is 1. The van der Waals surface area contributed by atoms with Crippen LogP contribution >= 0.6 is 0 Å². The summed E-state index contributed by atoms with van der Waals surface area (Å²) in [4.78, 5) is 20.2. The van der Waals surface area contributed by atoms with Crippen molar-refractivity contribution in [2.45, 2.75) is 19.0 Å². The first-order valence-electron chi connectivity index (χ1n) is 10.1. The number of methoxy groups -OCH3 is 1. The van der Waals surface area contributed by atoms with Gasteiger partial charge in [0.25, 0.3) is 0 Å². The summed E-state index contributed by atoms with van der Waals surface area (Å²) >= 11 is 0. The zero-order chi connectivity index (χ0) is 21.8. The van der Waals surface area contributed by atoms with Crippen LogP contribution in [0.15, 0.2) is 67.3 Å². The molecular weight excluding hydrogens is 388 g/mol. The van der Waals surface area contributed by atoms with Crippen molar-refractivity contribution in [2.75, 3.05) is 26.5 Å². The molecule has 3 aromatic heterocycles. The minimum atomic E-state index is -0.410. The van der Waals surface area contributed by atoms with Crippen molar-refractivity contribution in [2.24, 2.45) is 0 Å². The molecule has 0 aliphatic rings. The van der Waals surface area contributed by atoms with Crippen LogP contribution in [-0.2, 0) is 6.42 Å². The van der Waals surface area contributed by atoms with Crippen LogP contribution in [0, 0.1) is 0 Å². The van der Waals surface area contributed by atoms with E-state index in [-0.39, 0.29) is 0 Å². The van der Waals surface area contributed by atoms with E-state index < -0.39 is 5.66 Å². The van der Waals surface area contributed by atoms with Crippen molar-refractivity contribution in [3.8, 4) is 17.1 Å². The predicted molar refractivity (Wildman–Crippen MR) is 123 cm³/mol. The summed E-state index contributed by atoms with van der Waals surface area (Å²) in [5, 5.41) is 4.48. The largest absolute Gasteiger partial charge is 0.494 e. The van der Waals surface area contributed by atoms with E-state index in [1.54, 1.807) is 31.9 Å². The molecule has 0 amide bonds. The fraction of sp³-hybridized carbons (Fsp3) is 0.250. The summed E-state index contributed by atoms with van der Waals surface area (Å²) in [6, 6.07) is 14.2. The Morgan fingerprint density at radius 1 is 0.968 bits per heavy atom. The third kappa shape index (κ3) is 4.32. The van der Waals surface area contributed by atoms with Gasteiger partial charge < -0.3 is 10.1 Å². The minimum absolute atomic E-state index is 0.410. The van der Waals surface area contributed by atoms with E-state index in [0.717, 1.165) is 17.4 Å². The lowest BCUT2D eigenvalue weighted by molar-refractivity contribution is 0.205. The van der Waals surface area contributed by atoms with Crippen LogP contribution in [0.3, 0.4) is 0 Å². The highest BCUT2D eigenvalue weighted by molar-refractivity contribution is 5.95. The van der Waals surface area contributed by atoms with Crippen LogP contribution in [0.5, 0.6) is 5.75 Å². The maximum atomic E-state index is 5.60. The molecule has 0 aliphatic heterocycles. The number of rotatable bonds is 7. The summed E-state index contributed by atoms with van der Waals surface area (Å²) in [7, 11) is 5.75. The number of aromatic nitrogens is 4. The van der Waals surface area contributed by atoms with Crippen molar-refractivity contribution < 1.29 is 4.74 Å². The Hall–Kier alpha value is -3.58. The molecule has 0 bridgehead atoms. The molecule has 7 heteroatoms. The molecule has 4 aromatic rings. The Bertz CT molecular complexity index is 1170. The number of hydrogen-bond donors (Lipinski definition) is 1. The van der Waals surface area contributed by atoms with Gasteiger partial charge in [0.1, 0.15) is 11.6 Å². The van der Waals surface area contributed by atoms with Gasteiger partial charge in [-0.15, -0.1) is 0 Å². The van der Waals surface area contributed by atoms with E-state index >= 15 is 0 Å². The Balaban J connectivity index is 1.85. The summed E-state index contributed by atoms with van der Waals surface area (Å²) in [6.45, 7) is 2.16. The predicted octanol–water partition coefficient (Wildman–Crippen LogP) is 4.03. The Labute approximate surface area is 182 Å². The number of likely N-dealkylation sites (N-methyl/N-ethyl adjacent to an activating group) is 1. The third-order valence-corrected chi connectivity index (χ3v) is 5.50. The maximum absolute atomic E-state index is 5.60. The van der Waals surface area contributed by atoms with E-state index in [4.69, 9.17) is 14.7 Å². The van der Waals surface area contributed by atoms with Crippen LogP contribution in [-0.4, -0.2) is 51.7 Å². The molecule has 158 valence electrons. The zero-order valence-corrected chi connectivity index (χ0v) is 18.2. The molecule has 3 heterocycles. The molecule has 0 aliphatic carbocycles. The summed E-state index contributed by atoms with van der Waals surface area (Å²) < 4.78 is 5.60. The molecule has 0 spiro atoms. The van der Waals surface area contributed by atoms with Gasteiger partial charge in [-0.25, -0.2) is 9.97 Å². The van der Waals surface area contributed by atoms with Gasteiger partial charge in [0.2, 0.25) is 0 Å². The lowest BCUT2D eigenvalue weighted by atomic mass is 9.99. The van der Waals surface area contributed by atoms with E-state index in [1.165, 1.54) is 5.56 Å². The molecule has 1 atom stereocenters. The van der Waals surface area contributed by atoms with E-state index in [1.807, 2.05) is 18.2 Å². The first kappa shape index (κ1) is 20.7. The minimum Gasteiger partial charge on any atom is -0.494 e. The van der Waals surface area contributed by atoms with Crippen molar-refractivity contribution >= 4 is 16.7 Å². The smallest absolute Gasteiger partial charge is 0.162 e. The number of hydrogen-bond acceptors (Lipinski definition) is 7. The van der Waals surface area contributed by atoms with Gasteiger partial charge in [0.05, 0.1) is 36.1 Å². The van der Waals surface area contributed by atoms with Crippen LogP contribution in [0.1, 0.15) is 12.5 Å². The fourth-order valence-electron chi connectivity index (χ4n) is 3.49. The maximum Gasteiger partial charge on any atom is 0.162 e. The second-order valence-electron chi connectivity index (χ2n) is 7.82. The highest BCUT2D eigenvalue weighted by atomic mass is 16.5. The first-order valence-corrected chi connectivity index (χ1v) is 10.1. The van der Waals surface area contributed by atoms with Gasteiger partial charge in [-0.1, -0.05) is 30.3 Å². The van der Waals surface area contributed by atoms with E-state index in [0.29, 0.717) is 22.9 Å². The van der Waals surface area contributed by atoms with Crippen LogP contribution in [0.2, 0.25) is 0 Å². The number of benzene rings is 1. The standard InChI is InChI=1S/C24H26N6O/c1-24(30(2)3,14-17-8-6-5-7-9-17)29-23-21-19(15-26-16-20(21)31-4)27-22(28-23)18-10-12-25-13-11-18/h5-13,15-16H,14H2,1-4H3,(H,27,28,29)/t24-/m0/s1. The van der Waals surface area contributed by atoms with Crippen molar-refractivity contribution in [3.05, 3.63) is 72.8 Å². The molecule has 4 rings (SSSR count). The molecule has 0 saturated carbocycles. The second-order valence-corrected chi connectivity index (χ2v) is 7.82. The van der Waals surface area contributed by atoms with Gasteiger partial charge in [-0.3, -0.25) is 14.9 Å². The Morgan fingerprint density at radius 3 is 2.39 bits per heavy atom. The average Bonchev–Trinajstić information content (AvgIpc) is 2.79. The summed E-state index contributed by atoms with van der Waals surface area (Å²) in [5.74, 6) is 1.93. The number of fused-ring (bicyclic) bond motifs is 1. The quantitative estimate of drug-likeness (QED) is 0.458. The van der Waals surface area contributed by atoms with Crippen molar-refractivity contribution in [3.63, 3.8) is 0 Å². The van der Waals surface area contributed by atoms with Crippen molar-refractivity contribution in [1.29, 1.82) is 0 Å². The van der Waals surface area contributed by atoms with E-state index in [9.17, 15) is 0 Å². The van der Waals surface area contributed by atoms with Crippen LogP contribution < -0.4 is 10.1 Å². The van der Waals surface area contributed by atoms with Crippen LogP contribution in [0.25, 0.3) is 22.3 Å². The zero-order valence-electron chi connectivity index (χ0n) is 18.2. The number of anilines is 1. The molecular formula is C24H26N6O. The van der Waals surface area contributed by atoms with Crippen LogP contribution in [0.4, 0.5) is 5.82 Å². The lowest BCUT2D eigenvalue weighted by Crippen LogP contribution is -2.50. The summed E-state index contributed by atoms with van der Waals surface area (Å²) in [6.07, 6.45) is 7.68. The lowest BCUT2D eigenvalue weighted by Gasteiger charge is -2.38. The Morgan fingerprint density at radius 2 is 1.71 bits per heavy atom. The summed E-state index contributed by atoms with van der Waals surface area (Å²) in [5.41, 5.74) is 2.42. The average molecular weight is 415 g/mol. The molecule has 0 radical (unpaired) electrons. The molecule has 1 aromatic carbocycles. The molecule has 31 heavy (non-hydrogen) atoms. The Kier molecular flexibility index (Phi) is 5.77. The van der Waals surface area contributed by atoms with Gasteiger partial charge in [-0.2, -0.15) is 0 Å². The number of nitrogens with zero attached hydrogens (tertiary/aromatic N) is 5. The number of pyridine rings is 2. The van der Waals surface area contributed by atoms with Gasteiger partial charge in [-0.05, 0) is 38.7 Å². The SMILES string of the molecule is COc1cncc2nc(-c3ccncc3)nc(N[C@](C)(Cc3ccccc3)N(C)C)c12. The first-order chi connectivity index (χ1) is 15.0. The highest BCUT2D eigenvalue weighted by Gasteiger charge is 2.29. The topological polar surface area (TPSA) is 76.1 Å². The second kappa shape index (κ2) is 8.65.